The van der Waals surface area contributed by atoms with Crippen molar-refractivity contribution >= 4 is 29.9 Å². The summed E-state index contributed by atoms with van der Waals surface area (Å²) in [4.78, 5) is 4.36. The SMILES string of the molecule is CCCCOCCCNC(=NC)NC1CC(C)(C)Oc2ccccc21.I. The monoisotopic (exact) mass is 475 g/mol. The fourth-order valence-electron chi connectivity index (χ4n) is 3.02. The molecule has 0 spiro atoms. The Morgan fingerprint density at radius 2 is 2.00 bits per heavy atom. The molecule has 0 saturated carbocycles. The van der Waals surface area contributed by atoms with Gasteiger partial charge in [-0.1, -0.05) is 31.5 Å². The molecule has 1 aliphatic rings. The average molecular weight is 475 g/mol. The third kappa shape index (κ3) is 7.31. The molecule has 0 bridgehead atoms. The first-order valence-corrected chi connectivity index (χ1v) is 9.38. The predicted molar refractivity (Wildman–Crippen MR) is 119 cm³/mol. The molecule has 2 N–H and O–H groups in total. The van der Waals surface area contributed by atoms with Gasteiger partial charge in [0.15, 0.2) is 5.96 Å². The van der Waals surface area contributed by atoms with Gasteiger partial charge in [-0.2, -0.15) is 0 Å². The Hall–Kier alpha value is -1.02. The van der Waals surface area contributed by atoms with Crippen molar-refractivity contribution in [2.75, 3.05) is 26.8 Å². The van der Waals surface area contributed by atoms with Crippen LogP contribution in [-0.2, 0) is 4.74 Å². The molecule has 0 amide bonds. The summed E-state index contributed by atoms with van der Waals surface area (Å²) >= 11 is 0. The fourth-order valence-corrected chi connectivity index (χ4v) is 3.02. The van der Waals surface area contributed by atoms with Crippen LogP contribution in [0.25, 0.3) is 0 Å². The van der Waals surface area contributed by atoms with Crippen LogP contribution in [0.3, 0.4) is 0 Å². The summed E-state index contributed by atoms with van der Waals surface area (Å²) in [5, 5.41) is 6.93. The van der Waals surface area contributed by atoms with Crippen LogP contribution in [0.1, 0.15) is 58.1 Å². The maximum Gasteiger partial charge on any atom is 0.191 e. The molecule has 1 aromatic carbocycles. The largest absolute Gasteiger partial charge is 0.487 e. The van der Waals surface area contributed by atoms with Gasteiger partial charge in [0, 0.05) is 38.8 Å². The van der Waals surface area contributed by atoms with E-state index in [-0.39, 0.29) is 35.6 Å². The van der Waals surface area contributed by atoms with Gasteiger partial charge < -0.3 is 20.1 Å². The Bertz CT molecular complexity index is 564. The van der Waals surface area contributed by atoms with Crippen LogP contribution in [-0.4, -0.2) is 38.4 Å². The second kappa shape index (κ2) is 11.6. The van der Waals surface area contributed by atoms with Crippen LogP contribution in [0.15, 0.2) is 29.3 Å². The maximum absolute atomic E-state index is 6.09. The molecule has 26 heavy (non-hydrogen) atoms. The molecule has 1 atom stereocenters. The number of nitrogens with one attached hydrogen (secondary N) is 2. The van der Waals surface area contributed by atoms with Crippen LogP contribution in [0.2, 0.25) is 0 Å². The van der Waals surface area contributed by atoms with Gasteiger partial charge >= 0.3 is 0 Å². The number of hydrogen-bond donors (Lipinski definition) is 2. The summed E-state index contributed by atoms with van der Waals surface area (Å²) in [7, 11) is 1.81. The van der Waals surface area contributed by atoms with E-state index < -0.39 is 0 Å². The Morgan fingerprint density at radius 1 is 1.27 bits per heavy atom. The van der Waals surface area contributed by atoms with Crippen molar-refractivity contribution in [3.05, 3.63) is 29.8 Å². The lowest BCUT2D eigenvalue weighted by Crippen LogP contribution is -2.45. The van der Waals surface area contributed by atoms with E-state index in [2.05, 4.69) is 48.5 Å². The number of rotatable bonds is 8. The van der Waals surface area contributed by atoms with Gasteiger partial charge in [0.1, 0.15) is 11.4 Å². The number of halogens is 1. The minimum atomic E-state index is -0.196. The Kier molecular flexibility index (Phi) is 10.3. The van der Waals surface area contributed by atoms with E-state index in [9.17, 15) is 0 Å². The van der Waals surface area contributed by atoms with E-state index >= 15 is 0 Å². The fraction of sp³-hybridized carbons (Fsp3) is 0.650. The highest BCUT2D eigenvalue weighted by Gasteiger charge is 2.33. The molecule has 1 heterocycles. The van der Waals surface area contributed by atoms with E-state index in [0.717, 1.165) is 50.7 Å². The molecular weight excluding hydrogens is 441 g/mol. The highest BCUT2D eigenvalue weighted by molar-refractivity contribution is 14.0. The van der Waals surface area contributed by atoms with E-state index in [1.807, 2.05) is 19.2 Å². The summed E-state index contributed by atoms with van der Waals surface area (Å²) in [6.45, 7) is 8.92. The van der Waals surface area contributed by atoms with Crippen molar-refractivity contribution in [1.29, 1.82) is 0 Å². The number of ether oxygens (including phenoxy) is 2. The summed E-state index contributed by atoms with van der Waals surface area (Å²) in [6, 6.07) is 8.42. The normalized spacial score (nSPS) is 18.3. The van der Waals surface area contributed by atoms with Crippen molar-refractivity contribution in [3.8, 4) is 5.75 Å². The minimum Gasteiger partial charge on any atom is -0.487 e. The molecule has 1 aromatic rings. The lowest BCUT2D eigenvalue weighted by molar-refractivity contribution is 0.0694. The summed E-state index contributed by atoms with van der Waals surface area (Å²) in [5.41, 5.74) is 0.991. The van der Waals surface area contributed by atoms with Crippen LogP contribution in [0.5, 0.6) is 5.75 Å². The number of nitrogens with zero attached hydrogens (tertiary/aromatic N) is 1. The first-order valence-electron chi connectivity index (χ1n) is 9.38. The standard InChI is InChI=1S/C20H33N3O2.HI/c1-5-6-13-24-14-9-12-22-19(21-4)23-17-15-20(2,3)25-18-11-8-7-10-16(17)18;/h7-8,10-11,17H,5-6,9,12-15H2,1-4H3,(H2,21,22,23);1H. The molecule has 148 valence electrons. The number of fused-ring (bicyclic) bond motifs is 1. The molecule has 0 aromatic heterocycles. The number of unbranched alkanes of at least 4 members (excludes halogenated alkanes) is 1. The third-order valence-corrected chi connectivity index (χ3v) is 4.31. The zero-order valence-electron chi connectivity index (χ0n) is 16.5. The molecule has 0 fully saturated rings. The van der Waals surface area contributed by atoms with Crippen LogP contribution in [0, 0.1) is 0 Å². The Labute approximate surface area is 175 Å². The van der Waals surface area contributed by atoms with Crippen molar-refractivity contribution < 1.29 is 9.47 Å². The van der Waals surface area contributed by atoms with Gasteiger partial charge in [-0.05, 0) is 32.8 Å². The lowest BCUT2D eigenvalue weighted by atomic mass is 9.90. The molecule has 1 unspecified atom stereocenters. The minimum absolute atomic E-state index is 0. The smallest absolute Gasteiger partial charge is 0.191 e. The number of aliphatic imine (C=N–C) groups is 1. The first-order chi connectivity index (χ1) is 12.1. The Morgan fingerprint density at radius 3 is 2.73 bits per heavy atom. The number of para-hydroxylation sites is 1. The lowest BCUT2D eigenvalue weighted by Gasteiger charge is -2.38. The molecular formula is C20H34IN3O2. The van der Waals surface area contributed by atoms with Gasteiger partial charge in [0.2, 0.25) is 0 Å². The van der Waals surface area contributed by atoms with Gasteiger partial charge in [0.25, 0.3) is 0 Å². The summed E-state index contributed by atoms with van der Waals surface area (Å²) in [5.74, 6) is 1.78. The number of hydrogen-bond acceptors (Lipinski definition) is 3. The third-order valence-electron chi connectivity index (χ3n) is 4.31. The second-order valence-corrected chi connectivity index (χ2v) is 7.12. The van der Waals surface area contributed by atoms with E-state index in [0.29, 0.717) is 0 Å². The van der Waals surface area contributed by atoms with Crippen molar-refractivity contribution in [2.45, 2.75) is 58.1 Å². The Balaban J connectivity index is 0.00000338. The predicted octanol–water partition coefficient (Wildman–Crippen LogP) is 4.28. The number of benzene rings is 1. The van der Waals surface area contributed by atoms with Gasteiger partial charge in [-0.25, -0.2) is 0 Å². The highest BCUT2D eigenvalue weighted by atomic mass is 127. The van der Waals surface area contributed by atoms with Gasteiger partial charge in [-0.15, -0.1) is 24.0 Å². The zero-order chi connectivity index (χ0) is 18.1. The zero-order valence-corrected chi connectivity index (χ0v) is 18.8. The molecule has 5 nitrogen and oxygen atoms in total. The topological polar surface area (TPSA) is 54.9 Å². The highest BCUT2D eigenvalue weighted by Crippen LogP contribution is 2.39. The summed E-state index contributed by atoms with van der Waals surface area (Å²) < 4.78 is 11.7. The van der Waals surface area contributed by atoms with Gasteiger partial charge in [0.05, 0.1) is 6.04 Å². The van der Waals surface area contributed by atoms with Crippen LogP contribution in [0.4, 0.5) is 0 Å². The molecule has 0 saturated heterocycles. The van der Waals surface area contributed by atoms with Gasteiger partial charge in [-0.3, -0.25) is 4.99 Å². The number of guanidine groups is 1. The molecule has 6 heteroatoms. The quantitative estimate of drug-likeness (QED) is 0.255. The second-order valence-electron chi connectivity index (χ2n) is 7.12. The van der Waals surface area contributed by atoms with Crippen molar-refractivity contribution in [2.24, 2.45) is 4.99 Å². The van der Waals surface area contributed by atoms with E-state index in [1.165, 1.54) is 12.0 Å². The maximum atomic E-state index is 6.09. The van der Waals surface area contributed by atoms with Crippen LogP contribution < -0.4 is 15.4 Å². The summed E-state index contributed by atoms with van der Waals surface area (Å²) in [6.07, 6.45) is 4.18. The molecule has 1 aliphatic heterocycles. The molecule has 0 radical (unpaired) electrons. The van der Waals surface area contributed by atoms with E-state index in [4.69, 9.17) is 9.47 Å². The molecule has 0 aliphatic carbocycles. The average Bonchev–Trinajstić information content (AvgIpc) is 2.58. The van der Waals surface area contributed by atoms with Crippen molar-refractivity contribution in [3.63, 3.8) is 0 Å². The van der Waals surface area contributed by atoms with Crippen molar-refractivity contribution in [1.82, 2.24) is 10.6 Å². The molecule has 2 rings (SSSR count). The van der Waals surface area contributed by atoms with Crippen LogP contribution >= 0.6 is 24.0 Å². The first kappa shape index (κ1) is 23.0. The van der Waals surface area contributed by atoms with E-state index in [1.54, 1.807) is 0 Å².